The third-order valence-corrected chi connectivity index (χ3v) is 8.22. The summed E-state index contributed by atoms with van der Waals surface area (Å²) in [6, 6.07) is 2.69. The molecular formula is C25H39N7O3S. The molecule has 0 amide bonds. The van der Waals surface area contributed by atoms with Crippen LogP contribution in [-0.2, 0) is 4.74 Å². The standard InChI is InChI=1S/C25H39N7O3S/c1-5-35-23(34)22-17(2)26-25(36-22)29-24-27-20(31-11-6-18(7-12-31)10-15-33)16-21(28-24)32-13-8-19(9-14-32)30(3)4/h16,18-19,33H,5-15H2,1-4H3,(H,26,27,28,29). The van der Waals surface area contributed by atoms with Gasteiger partial charge < -0.3 is 24.5 Å². The van der Waals surface area contributed by atoms with Gasteiger partial charge in [-0.3, -0.25) is 5.32 Å². The molecule has 2 N–H and O–H groups in total. The predicted molar refractivity (Wildman–Crippen MR) is 144 cm³/mol. The molecular weight excluding hydrogens is 478 g/mol. The van der Waals surface area contributed by atoms with Crippen LogP contribution in [0.25, 0.3) is 0 Å². The second kappa shape index (κ2) is 12.2. The summed E-state index contributed by atoms with van der Waals surface area (Å²) in [7, 11) is 4.29. The Balaban J connectivity index is 1.57. The van der Waals surface area contributed by atoms with Gasteiger partial charge in [0.25, 0.3) is 0 Å². The Bertz CT molecular complexity index is 1020. The quantitative estimate of drug-likeness (QED) is 0.481. The number of piperidine rings is 2. The number of aromatic nitrogens is 3. The Labute approximate surface area is 217 Å². The highest BCUT2D eigenvalue weighted by Gasteiger charge is 2.25. The maximum atomic E-state index is 12.3. The van der Waals surface area contributed by atoms with E-state index in [0.29, 0.717) is 40.2 Å². The van der Waals surface area contributed by atoms with Gasteiger partial charge >= 0.3 is 5.97 Å². The molecule has 11 heteroatoms. The number of thiazole rings is 1. The number of esters is 1. The zero-order valence-corrected chi connectivity index (χ0v) is 22.7. The van der Waals surface area contributed by atoms with Crippen molar-refractivity contribution in [2.45, 2.75) is 52.0 Å². The highest BCUT2D eigenvalue weighted by atomic mass is 32.1. The van der Waals surface area contributed by atoms with Crippen LogP contribution in [0.4, 0.5) is 22.7 Å². The van der Waals surface area contributed by atoms with E-state index >= 15 is 0 Å². The van der Waals surface area contributed by atoms with Crippen LogP contribution < -0.4 is 15.1 Å². The Kier molecular flexibility index (Phi) is 8.97. The van der Waals surface area contributed by atoms with Crippen LogP contribution in [0, 0.1) is 12.8 Å². The van der Waals surface area contributed by atoms with Gasteiger partial charge in [-0.1, -0.05) is 11.3 Å². The number of carbonyl (C=O) groups is 1. The fourth-order valence-electron chi connectivity index (χ4n) is 4.98. The first-order valence-corrected chi connectivity index (χ1v) is 13.8. The highest BCUT2D eigenvalue weighted by molar-refractivity contribution is 7.17. The van der Waals surface area contributed by atoms with Crippen molar-refractivity contribution in [1.29, 1.82) is 0 Å². The minimum atomic E-state index is -0.356. The molecule has 0 radical (unpaired) electrons. The number of aryl methyl sites for hydroxylation is 1. The van der Waals surface area contributed by atoms with Crippen molar-refractivity contribution >= 4 is 40.0 Å². The molecule has 0 atom stereocenters. The number of nitrogens with one attached hydrogen (secondary N) is 1. The lowest BCUT2D eigenvalue weighted by Gasteiger charge is -2.37. The zero-order valence-electron chi connectivity index (χ0n) is 21.9. The molecule has 2 aliphatic heterocycles. The van der Waals surface area contributed by atoms with Gasteiger partial charge in [0.15, 0.2) is 5.13 Å². The average Bonchev–Trinajstić information content (AvgIpc) is 3.24. The number of rotatable bonds is 9. The normalized spacial score (nSPS) is 17.6. The van der Waals surface area contributed by atoms with Crippen LogP contribution in [0.5, 0.6) is 0 Å². The minimum Gasteiger partial charge on any atom is -0.462 e. The van der Waals surface area contributed by atoms with Crippen LogP contribution in [-0.4, -0.2) is 90.5 Å². The number of anilines is 4. The summed E-state index contributed by atoms with van der Waals surface area (Å²) < 4.78 is 5.16. The minimum absolute atomic E-state index is 0.250. The fourth-order valence-corrected chi connectivity index (χ4v) is 5.83. The molecule has 0 aliphatic carbocycles. The highest BCUT2D eigenvalue weighted by Crippen LogP contribution is 2.31. The van der Waals surface area contributed by atoms with Crippen LogP contribution in [0.3, 0.4) is 0 Å². The van der Waals surface area contributed by atoms with E-state index in [4.69, 9.17) is 14.7 Å². The number of nitrogens with zero attached hydrogens (tertiary/aromatic N) is 6. The molecule has 0 aromatic carbocycles. The fraction of sp³-hybridized carbons (Fsp3) is 0.680. The van der Waals surface area contributed by atoms with Crippen LogP contribution in [0.1, 0.15) is 54.4 Å². The topological polar surface area (TPSA) is 107 Å². The van der Waals surface area contributed by atoms with Crippen molar-refractivity contribution in [2.24, 2.45) is 5.92 Å². The number of aliphatic hydroxyl groups excluding tert-OH is 1. The maximum absolute atomic E-state index is 12.3. The van der Waals surface area contributed by atoms with Gasteiger partial charge in [0.2, 0.25) is 5.95 Å². The van der Waals surface area contributed by atoms with Crippen LogP contribution in [0.15, 0.2) is 6.07 Å². The lowest BCUT2D eigenvalue weighted by atomic mass is 9.94. The summed E-state index contributed by atoms with van der Waals surface area (Å²) in [5.74, 6) is 2.51. The summed E-state index contributed by atoms with van der Waals surface area (Å²) in [6.07, 6.45) is 5.14. The number of hydrogen-bond donors (Lipinski definition) is 2. The Morgan fingerprint density at radius 1 is 1.11 bits per heavy atom. The smallest absolute Gasteiger partial charge is 0.350 e. The molecule has 2 aromatic heterocycles. The van der Waals surface area contributed by atoms with Gasteiger partial charge in [0.1, 0.15) is 16.5 Å². The number of hydrogen-bond acceptors (Lipinski definition) is 11. The SMILES string of the molecule is CCOC(=O)c1sc(Nc2nc(N3CCC(CCO)CC3)cc(N3CCC(N(C)C)CC3)n2)nc1C. The molecule has 0 spiro atoms. The molecule has 2 aromatic rings. The predicted octanol–water partition coefficient (Wildman–Crippen LogP) is 3.29. The Morgan fingerprint density at radius 3 is 2.28 bits per heavy atom. The van der Waals surface area contributed by atoms with Gasteiger partial charge in [0, 0.05) is 44.9 Å². The van der Waals surface area contributed by atoms with Crippen LogP contribution in [0.2, 0.25) is 0 Å². The average molecular weight is 518 g/mol. The largest absolute Gasteiger partial charge is 0.462 e. The first-order valence-electron chi connectivity index (χ1n) is 13.0. The van der Waals surface area contributed by atoms with E-state index in [9.17, 15) is 9.90 Å². The number of ether oxygens (including phenoxy) is 1. The van der Waals surface area contributed by atoms with Gasteiger partial charge in [-0.25, -0.2) is 9.78 Å². The van der Waals surface area contributed by atoms with Gasteiger partial charge in [-0.2, -0.15) is 9.97 Å². The molecule has 2 saturated heterocycles. The van der Waals surface area contributed by atoms with Gasteiger partial charge in [-0.15, -0.1) is 0 Å². The zero-order chi connectivity index (χ0) is 25.7. The van der Waals surface area contributed by atoms with Crippen LogP contribution >= 0.6 is 11.3 Å². The number of carbonyl (C=O) groups excluding carboxylic acids is 1. The summed E-state index contributed by atoms with van der Waals surface area (Å²) in [4.78, 5) is 33.9. The summed E-state index contributed by atoms with van der Waals surface area (Å²) in [5, 5.41) is 13.1. The van der Waals surface area contributed by atoms with Crippen molar-refractivity contribution in [3.05, 3.63) is 16.6 Å². The first kappa shape index (κ1) is 26.6. The van der Waals surface area contributed by atoms with Crippen molar-refractivity contribution in [3.63, 3.8) is 0 Å². The summed E-state index contributed by atoms with van der Waals surface area (Å²) in [5.41, 5.74) is 0.633. The first-order chi connectivity index (χ1) is 17.4. The molecule has 4 heterocycles. The molecule has 198 valence electrons. The van der Waals surface area contributed by atoms with E-state index in [2.05, 4.69) is 45.2 Å². The number of aliphatic hydroxyl groups is 1. The van der Waals surface area contributed by atoms with Crippen molar-refractivity contribution in [1.82, 2.24) is 19.9 Å². The lowest BCUT2D eigenvalue weighted by Crippen LogP contribution is -2.42. The van der Waals surface area contributed by atoms with E-state index in [1.807, 2.05) is 6.92 Å². The third-order valence-electron chi connectivity index (χ3n) is 7.17. The van der Waals surface area contributed by atoms with E-state index in [1.54, 1.807) is 6.92 Å². The molecule has 0 bridgehead atoms. The molecule has 0 unspecified atom stereocenters. The summed E-state index contributed by atoms with van der Waals surface area (Å²) >= 11 is 1.26. The second-order valence-corrected chi connectivity index (χ2v) is 10.8. The molecule has 0 saturated carbocycles. The molecule has 2 fully saturated rings. The molecule has 2 aliphatic rings. The van der Waals surface area contributed by atoms with Gasteiger partial charge in [0.05, 0.1) is 12.3 Å². The van der Waals surface area contributed by atoms with E-state index in [0.717, 1.165) is 69.9 Å². The third kappa shape index (κ3) is 6.43. The van der Waals surface area contributed by atoms with Crippen molar-refractivity contribution in [2.75, 3.05) is 68.6 Å². The summed E-state index contributed by atoms with van der Waals surface area (Å²) in [6.45, 7) is 7.89. The van der Waals surface area contributed by atoms with Crippen molar-refractivity contribution in [3.8, 4) is 0 Å². The van der Waals surface area contributed by atoms with E-state index in [-0.39, 0.29) is 12.6 Å². The molecule has 10 nitrogen and oxygen atoms in total. The molecule has 36 heavy (non-hydrogen) atoms. The Morgan fingerprint density at radius 2 is 1.72 bits per heavy atom. The van der Waals surface area contributed by atoms with Crippen molar-refractivity contribution < 1.29 is 14.6 Å². The molecule has 4 rings (SSSR count). The maximum Gasteiger partial charge on any atom is 0.350 e. The monoisotopic (exact) mass is 517 g/mol. The lowest BCUT2D eigenvalue weighted by molar-refractivity contribution is 0.0531. The van der Waals surface area contributed by atoms with Gasteiger partial charge in [-0.05, 0) is 66.0 Å². The Hall–Kier alpha value is -2.50. The van der Waals surface area contributed by atoms with E-state index < -0.39 is 0 Å². The van der Waals surface area contributed by atoms with E-state index in [1.165, 1.54) is 11.3 Å². The second-order valence-electron chi connectivity index (χ2n) is 9.81.